The quantitative estimate of drug-likeness (QED) is 0.491. The maximum Gasteiger partial charge on any atom is 0.124 e. The van der Waals surface area contributed by atoms with Gasteiger partial charge in [-0.3, -0.25) is 0 Å². The third kappa shape index (κ3) is 5.01. The minimum atomic E-state index is 0. The Balaban J connectivity index is 0.00000243. The fourth-order valence-corrected chi connectivity index (χ4v) is 3.83. The fraction of sp³-hybridized carbons (Fsp3) is 0.667. The van der Waals surface area contributed by atoms with Gasteiger partial charge in [0.25, 0.3) is 0 Å². The average molecular weight is 532 g/mol. The molecule has 0 aliphatic heterocycles. The van der Waals surface area contributed by atoms with Gasteiger partial charge < -0.3 is 9.55 Å². The summed E-state index contributed by atoms with van der Waals surface area (Å²) in [7, 11) is 0. The van der Waals surface area contributed by atoms with Gasteiger partial charge in [-0.2, -0.15) is 5.10 Å². The SMILES string of the molecule is CC(C)Cc1nnc(-c2[c-]ccnc2C2CCCCC2)n1CC(C)C.[Ir]. The predicted molar refractivity (Wildman–Crippen MR) is 101 cm³/mol. The Morgan fingerprint density at radius 3 is 2.46 bits per heavy atom. The molecule has 2 aromatic rings. The molecule has 0 N–H and O–H groups in total. The summed E-state index contributed by atoms with van der Waals surface area (Å²) in [6.45, 7) is 9.91. The van der Waals surface area contributed by atoms with Gasteiger partial charge in [0.1, 0.15) is 5.82 Å². The zero-order valence-corrected chi connectivity index (χ0v) is 18.9. The van der Waals surface area contributed by atoms with Crippen molar-refractivity contribution in [3.63, 3.8) is 0 Å². The molecule has 1 aliphatic rings. The van der Waals surface area contributed by atoms with Crippen LogP contribution in [0.25, 0.3) is 11.4 Å². The molecule has 1 fully saturated rings. The smallest absolute Gasteiger partial charge is 0.124 e. The Morgan fingerprint density at radius 2 is 1.81 bits per heavy atom. The van der Waals surface area contributed by atoms with Crippen molar-refractivity contribution in [3.05, 3.63) is 29.8 Å². The second-order valence-corrected chi connectivity index (χ2v) is 8.23. The van der Waals surface area contributed by atoms with Crippen molar-refractivity contribution >= 4 is 0 Å². The number of rotatable bonds is 6. The van der Waals surface area contributed by atoms with E-state index in [0.29, 0.717) is 17.8 Å². The molecule has 2 aromatic heterocycles. The van der Waals surface area contributed by atoms with Gasteiger partial charge in [-0.25, -0.2) is 0 Å². The molecule has 1 saturated carbocycles. The van der Waals surface area contributed by atoms with Crippen molar-refractivity contribution < 1.29 is 20.1 Å². The van der Waals surface area contributed by atoms with Crippen molar-refractivity contribution in [2.24, 2.45) is 11.8 Å². The first-order chi connectivity index (χ1) is 12.1. The van der Waals surface area contributed by atoms with Crippen LogP contribution in [0.2, 0.25) is 0 Å². The molecule has 0 unspecified atom stereocenters. The summed E-state index contributed by atoms with van der Waals surface area (Å²) in [5.74, 6) is 3.71. The molecule has 0 saturated heterocycles. The van der Waals surface area contributed by atoms with Crippen LogP contribution in [0.3, 0.4) is 0 Å². The molecule has 0 bridgehead atoms. The molecule has 145 valence electrons. The van der Waals surface area contributed by atoms with Gasteiger partial charge in [0.2, 0.25) is 0 Å². The zero-order chi connectivity index (χ0) is 17.8. The largest absolute Gasteiger partial charge is 0.356 e. The molecular weight excluding hydrogens is 500 g/mol. The molecule has 2 heterocycles. The second kappa shape index (κ2) is 9.75. The first kappa shape index (κ1) is 21.2. The van der Waals surface area contributed by atoms with E-state index in [9.17, 15) is 0 Å². The predicted octanol–water partition coefficient (Wildman–Crippen LogP) is 5.04. The number of pyridine rings is 1. The van der Waals surface area contributed by atoms with E-state index in [1.54, 1.807) is 0 Å². The van der Waals surface area contributed by atoms with Gasteiger partial charge in [-0.05, 0) is 23.4 Å². The summed E-state index contributed by atoms with van der Waals surface area (Å²) in [6.07, 6.45) is 9.26. The maximum atomic E-state index is 4.76. The third-order valence-corrected chi connectivity index (χ3v) is 4.95. The van der Waals surface area contributed by atoms with Crippen molar-refractivity contribution in [1.82, 2.24) is 19.7 Å². The van der Waals surface area contributed by atoms with E-state index < -0.39 is 0 Å². The molecular formula is C21H31IrN4-. The van der Waals surface area contributed by atoms with Crippen molar-refractivity contribution in [1.29, 1.82) is 0 Å². The van der Waals surface area contributed by atoms with Crippen LogP contribution in [0.5, 0.6) is 0 Å². The Labute approximate surface area is 171 Å². The molecule has 0 spiro atoms. The summed E-state index contributed by atoms with van der Waals surface area (Å²) in [6, 6.07) is 5.36. The Morgan fingerprint density at radius 1 is 1.08 bits per heavy atom. The Bertz CT molecular complexity index is 687. The van der Waals surface area contributed by atoms with Crippen molar-refractivity contribution in [2.75, 3.05) is 0 Å². The molecule has 0 amide bonds. The van der Waals surface area contributed by atoms with E-state index in [-0.39, 0.29) is 20.1 Å². The van der Waals surface area contributed by atoms with Gasteiger partial charge >= 0.3 is 0 Å². The minimum absolute atomic E-state index is 0. The van der Waals surface area contributed by atoms with Crippen LogP contribution in [-0.2, 0) is 33.1 Å². The summed E-state index contributed by atoms with van der Waals surface area (Å²) >= 11 is 0. The standard InChI is InChI=1S/C21H31N4.Ir/c1-15(2)13-19-23-24-21(25(19)14-16(3)4)18-11-8-12-22-20(18)17-9-6-5-7-10-17;/h8,12,15-17H,5-7,9-10,13-14H2,1-4H3;/q-1;. The third-order valence-electron chi connectivity index (χ3n) is 4.95. The van der Waals surface area contributed by atoms with E-state index in [1.165, 1.54) is 37.8 Å². The van der Waals surface area contributed by atoms with Crippen LogP contribution in [-0.4, -0.2) is 19.7 Å². The Hall–Kier alpha value is -1.06. The first-order valence-electron chi connectivity index (χ1n) is 9.85. The van der Waals surface area contributed by atoms with Gasteiger partial charge in [-0.15, -0.1) is 17.2 Å². The van der Waals surface area contributed by atoms with E-state index in [1.807, 2.05) is 12.3 Å². The van der Waals surface area contributed by atoms with E-state index in [2.05, 4.69) is 48.5 Å². The van der Waals surface area contributed by atoms with Crippen LogP contribution >= 0.6 is 0 Å². The normalized spacial score (nSPS) is 15.5. The first-order valence-corrected chi connectivity index (χ1v) is 9.85. The zero-order valence-electron chi connectivity index (χ0n) is 16.5. The topological polar surface area (TPSA) is 43.6 Å². The average Bonchev–Trinajstić information content (AvgIpc) is 2.97. The van der Waals surface area contributed by atoms with Gasteiger partial charge in [0, 0.05) is 33.1 Å². The summed E-state index contributed by atoms with van der Waals surface area (Å²) in [5.41, 5.74) is 2.24. The molecule has 5 heteroatoms. The van der Waals surface area contributed by atoms with Crippen LogP contribution < -0.4 is 0 Å². The van der Waals surface area contributed by atoms with Crippen molar-refractivity contribution in [2.45, 2.75) is 78.7 Å². The maximum absolute atomic E-state index is 4.76. The molecule has 0 atom stereocenters. The van der Waals surface area contributed by atoms with Crippen LogP contribution in [0.1, 0.15) is 77.2 Å². The molecule has 0 aromatic carbocycles. The van der Waals surface area contributed by atoms with Crippen molar-refractivity contribution in [3.8, 4) is 11.4 Å². The number of hydrogen-bond acceptors (Lipinski definition) is 3. The molecule has 1 radical (unpaired) electrons. The van der Waals surface area contributed by atoms with E-state index >= 15 is 0 Å². The van der Waals surface area contributed by atoms with Gasteiger partial charge in [0.05, 0.1) is 5.82 Å². The molecule has 1 aliphatic carbocycles. The molecule has 3 rings (SSSR count). The summed E-state index contributed by atoms with van der Waals surface area (Å²) in [4.78, 5) is 4.76. The summed E-state index contributed by atoms with van der Waals surface area (Å²) in [5, 5.41) is 9.13. The summed E-state index contributed by atoms with van der Waals surface area (Å²) < 4.78 is 2.31. The molecule has 4 nitrogen and oxygen atoms in total. The van der Waals surface area contributed by atoms with Crippen LogP contribution in [0, 0.1) is 17.9 Å². The van der Waals surface area contributed by atoms with Crippen LogP contribution in [0.15, 0.2) is 12.3 Å². The number of aromatic nitrogens is 4. The molecule has 26 heavy (non-hydrogen) atoms. The Kier molecular flexibility index (Phi) is 7.97. The fourth-order valence-electron chi connectivity index (χ4n) is 3.83. The number of nitrogens with zero attached hydrogens (tertiary/aromatic N) is 4. The number of hydrogen-bond donors (Lipinski definition) is 0. The minimum Gasteiger partial charge on any atom is -0.356 e. The monoisotopic (exact) mass is 532 g/mol. The van der Waals surface area contributed by atoms with Gasteiger partial charge in [0.15, 0.2) is 0 Å². The second-order valence-electron chi connectivity index (χ2n) is 8.23. The van der Waals surface area contributed by atoms with E-state index in [4.69, 9.17) is 4.98 Å². The van der Waals surface area contributed by atoms with Crippen LogP contribution in [0.4, 0.5) is 0 Å². The van der Waals surface area contributed by atoms with E-state index in [0.717, 1.165) is 30.2 Å². The van der Waals surface area contributed by atoms with Gasteiger partial charge in [-0.1, -0.05) is 71.6 Å².